The number of aliphatic carboxylic acids is 1. The van der Waals surface area contributed by atoms with E-state index >= 15 is 0 Å². The number of hydrogen-bond donors (Lipinski definition) is 9. The molecule has 202 valence electrons. The fraction of sp³-hybridized carbons (Fsp3) is 0.435. The van der Waals surface area contributed by atoms with Gasteiger partial charge in [-0.2, -0.15) is 0 Å². The average Bonchev–Trinajstić information content (AvgIpc) is 3.26. The largest absolute Gasteiger partial charge is 0.480 e. The highest BCUT2D eigenvalue weighted by Crippen LogP contribution is 2.18. The summed E-state index contributed by atoms with van der Waals surface area (Å²) < 4.78 is 0. The molecule has 1 aromatic carbocycles. The predicted molar refractivity (Wildman–Crippen MR) is 136 cm³/mol. The minimum atomic E-state index is -1.37. The zero-order chi connectivity index (χ0) is 27.5. The number of aromatic nitrogens is 1. The molecule has 12 N–H and O–H groups in total. The monoisotopic (exact) mass is 518 g/mol. The van der Waals surface area contributed by atoms with Gasteiger partial charge in [-0.3, -0.25) is 19.4 Å². The van der Waals surface area contributed by atoms with Gasteiger partial charge in [-0.15, -0.1) is 0 Å². The highest BCUT2D eigenvalue weighted by atomic mass is 16.4. The number of benzene rings is 1. The molecule has 2 aromatic rings. The fourth-order valence-corrected chi connectivity index (χ4v) is 3.54. The molecule has 0 aliphatic carbocycles. The SMILES string of the molecule is CC(NC(=O)C(CO)NC(=O)C(N)Cc1c[nH]c2ccccc12)C(=O)NC(CCCN=C(N)N)C(=O)O. The lowest BCUT2D eigenvalue weighted by Crippen LogP contribution is -2.57. The lowest BCUT2D eigenvalue weighted by atomic mass is 10.0. The van der Waals surface area contributed by atoms with Crippen LogP contribution in [-0.2, 0) is 25.6 Å². The van der Waals surface area contributed by atoms with Crippen LogP contribution in [0.25, 0.3) is 10.9 Å². The number of guanidine groups is 1. The number of aromatic amines is 1. The molecule has 14 nitrogen and oxygen atoms in total. The zero-order valence-corrected chi connectivity index (χ0v) is 20.4. The quantitative estimate of drug-likeness (QED) is 0.0735. The van der Waals surface area contributed by atoms with Crippen molar-refractivity contribution in [1.82, 2.24) is 20.9 Å². The number of aliphatic hydroxyl groups is 1. The van der Waals surface area contributed by atoms with E-state index < -0.39 is 54.5 Å². The number of nitrogens with two attached hydrogens (primary N) is 3. The van der Waals surface area contributed by atoms with Gasteiger partial charge >= 0.3 is 5.97 Å². The Morgan fingerprint density at radius 2 is 1.70 bits per heavy atom. The summed E-state index contributed by atoms with van der Waals surface area (Å²) in [6.45, 7) is 0.785. The molecule has 0 bridgehead atoms. The van der Waals surface area contributed by atoms with Crippen molar-refractivity contribution in [2.24, 2.45) is 22.2 Å². The second-order valence-electron chi connectivity index (χ2n) is 8.49. The Kier molecular flexibility index (Phi) is 10.8. The average molecular weight is 519 g/mol. The van der Waals surface area contributed by atoms with Crippen molar-refractivity contribution in [3.63, 3.8) is 0 Å². The van der Waals surface area contributed by atoms with Gasteiger partial charge in [0.2, 0.25) is 17.7 Å². The Hall–Kier alpha value is -4.17. The number of carbonyl (C=O) groups is 4. The number of aliphatic hydroxyl groups excluding tert-OH is 1. The molecule has 0 saturated carbocycles. The van der Waals surface area contributed by atoms with Crippen molar-refractivity contribution in [1.29, 1.82) is 0 Å². The van der Waals surface area contributed by atoms with E-state index in [2.05, 4.69) is 25.9 Å². The maximum atomic E-state index is 12.6. The van der Waals surface area contributed by atoms with Crippen LogP contribution in [0.1, 0.15) is 25.3 Å². The first-order valence-electron chi connectivity index (χ1n) is 11.6. The molecule has 14 heteroatoms. The van der Waals surface area contributed by atoms with Crippen LogP contribution in [-0.4, -0.2) is 82.2 Å². The molecule has 0 spiro atoms. The van der Waals surface area contributed by atoms with Gasteiger partial charge < -0.3 is 48.3 Å². The molecule has 0 fully saturated rings. The maximum Gasteiger partial charge on any atom is 0.326 e. The number of nitrogens with one attached hydrogen (secondary N) is 4. The molecule has 0 aliphatic rings. The van der Waals surface area contributed by atoms with Gasteiger partial charge in [0.15, 0.2) is 5.96 Å². The van der Waals surface area contributed by atoms with Crippen LogP contribution in [0.5, 0.6) is 0 Å². The Morgan fingerprint density at radius 1 is 1.03 bits per heavy atom. The smallest absolute Gasteiger partial charge is 0.326 e. The number of fused-ring (bicyclic) bond motifs is 1. The second kappa shape index (κ2) is 13.8. The molecule has 37 heavy (non-hydrogen) atoms. The van der Waals surface area contributed by atoms with Crippen LogP contribution in [0, 0.1) is 0 Å². The van der Waals surface area contributed by atoms with Crippen LogP contribution in [0.15, 0.2) is 35.5 Å². The van der Waals surface area contributed by atoms with Crippen LogP contribution in [0.4, 0.5) is 0 Å². The van der Waals surface area contributed by atoms with E-state index in [4.69, 9.17) is 17.2 Å². The minimum Gasteiger partial charge on any atom is -0.480 e. The highest BCUT2D eigenvalue weighted by Gasteiger charge is 2.28. The first-order valence-corrected chi connectivity index (χ1v) is 11.6. The summed E-state index contributed by atoms with van der Waals surface area (Å²) in [5.74, 6) is -3.65. The van der Waals surface area contributed by atoms with Gasteiger partial charge in [0, 0.05) is 23.6 Å². The summed E-state index contributed by atoms with van der Waals surface area (Å²) in [5.41, 5.74) is 18.2. The zero-order valence-electron chi connectivity index (χ0n) is 20.4. The summed E-state index contributed by atoms with van der Waals surface area (Å²) in [6, 6.07) is 2.76. The first-order chi connectivity index (χ1) is 17.5. The van der Waals surface area contributed by atoms with E-state index in [1.54, 1.807) is 6.20 Å². The molecular weight excluding hydrogens is 484 g/mol. The van der Waals surface area contributed by atoms with E-state index in [0.717, 1.165) is 16.5 Å². The number of carboxylic acids is 1. The van der Waals surface area contributed by atoms with E-state index in [1.165, 1.54) is 6.92 Å². The van der Waals surface area contributed by atoms with Crippen LogP contribution in [0.2, 0.25) is 0 Å². The van der Waals surface area contributed by atoms with Crippen molar-refractivity contribution < 1.29 is 29.4 Å². The van der Waals surface area contributed by atoms with Gasteiger partial charge in [-0.05, 0) is 37.8 Å². The predicted octanol–water partition coefficient (Wildman–Crippen LogP) is -2.36. The Labute approximate surface area is 213 Å². The van der Waals surface area contributed by atoms with E-state index in [0.29, 0.717) is 6.42 Å². The number of amides is 3. The molecular formula is C23H34N8O6. The lowest BCUT2D eigenvalue weighted by molar-refractivity contribution is -0.142. The van der Waals surface area contributed by atoms with Crippen molar-refractivity contribution in [3.8, 4) is 0 Å². The van der Waals surface area contributed by atoms with Crippen LogP contribution >= 0.6 is 0 Å². The second-order valence-corrected chi connectivity index (χ2v) is 8.49. The number of para-hydroxylation sites is 1. The lowest BCUT2D eigenvalue weighted by Gasteiger charge is -2.22. The highest BCUT2D eigenvalue weighted by molar-refractivity contribution is 5.94. The molecule has 1 heterocycles. The maximum absolute atomic E-state index is 12.6. The van der Waals surface area contributed by atoms with Crippen molar-refractivity contribution in [2.45, 2.75) is 50.4 Å². The summed E-state index contributed by atoms with van der Waals surface area (Å²) >= 11 is 0. The molecule has 3 amide bonds. The third-order valence-corrected chi connectivity index (χ3v) is 5.58. The first kappa shape index (κ1) is 29.1. The molecule has 0 aliphatic heterocycles. The standard InChI is InChI=1S/C23H34N8O6/c1-12(19(33)30-17(22(36)37)7-4-8-27-23(25)26)29-21(35)18(11-32)31-20(34)15(24)9-13-10-28-16-6-3-2-5-14(13)16/h2-3,5-6,10,12,15,17-18,28,32H,4,7-9,11,24H2,1H3,(H,29,35)(H,30,33)(H,31,34)(H,36,37)(H4,25,26,27). The summed E-state index contributed by atoms with van der Waals surface area (Å²) in [5, 5.41) is 26.9. The number of hydrogen-bond acceptors (Lipinski definition) is 7. The number of H-pyrrole nitrogens is 1. The molecule has 4 unspecified atom stereocenters. The molecule has 0 radical (unpaired) electrons. The third-order valence-electron chi connectivity index (χ3n) is 5.58. The summed E-state index contributed by atoms with van der Waals surface area (Å²) in [6.07, 6.45) is 2.29. The van der Waals surface area contributed by atoms with Crippen LogP contribution < -0.4 is 33.2 Å². The minimum absolute atomic E-state index is 0.0577. The van der Waals surface area contributed by atoms with Gasteiger partial charge in [-0.1, -0.05) is 18.2 Å². The molecule has 4 atom stereocenters. The number of aliphatic imine (C=N–C) groups is 1. The van der Waals surface area contributed by atoms with Crippen LogP contribution in [0.3, 0.4) is 0 Å². The van der Waals surface area contributed by atoms with Crippen molar-refractivity contribution >= 4 is 40.6 Å². The Balaban J connectivity index is 1.89. The molecule has 2 rings (SSSR count). The number of carbonyl (C=O) groups excluding carboxylic acids is 3. The molecule has 1 aromatic heterocycles. The van der Waals surface area contributed by atoms with Gasteiger partial charge in [-0.25, -0.2) is 4.79 Å². The number of nitrogens with zero attached hydrogens (tertiary/aromatic N) is 1. The topological polar surface area (TPSA) is 251 Å². The Morgan fingerprint density at radius 3 is 2.35 bits per heavy atom. The van der Waals surface area contributed by atoms with Gasteiger partial charge in [0.25, 0.3) is 0 Å². The van der Waals surface area contributed by atoms with Crippen molar-refractivity contribution in [2.75, 3.05) is 13.2 Å². The van der Waals surface area contributed by atoms with E-state index in [-0.39, 0.29) is 25.3 Å². The number of carboxylic acid groups (broad SMARTS) is 1. The fourth-order valence-electron chi connectivity index (χ4n) is 3.54. The molecule has 0 saturated heterocycles. The van der Waals surface area contributed by atoms with Gasteiger partial charge in [0.05, 0.1) is 12.6 Å². The van der Waals surface area contributed by atoms with Crippen molar-refractivity contribution in [3.05, 3.63) is 36.0 Å². The normalized spacial score (nSPS) is 14.1. The van der Waals surface area contributed by atoms with E-state index in [1.807, 2.05) is 24.3 Å². The number of rotatable bonds is 14. The van der Waals surface area contributed by atoms with Gasteiger partial charge in [0.1, 0.15) is 18.1 Å². The Bertz CT molecular complexity index is 1130. The third kappa shape index (κ3) is 8.77. The summed E-state index contributed by atoms with van der Waals surface area (Å²) in [7, 11) is 0. The summed E-state index contributed by atoms with van der Waals surface area (Å²) in [4.78, 5) is 55.9. The van der Waals surface area contributed by atoms with E-state index in [9.17, 15) is 29.4 Å².